The Kier molecular flexibility index (Phi) is 6.01. The molecule has 0 spiro atoms. The lowest BCUT2D eigenvalue weighted by Gasteiger charge is -2.33. The third kappa shape index (κ3) is 4.54. The van der Waals surface area contributed by atoms with Crippen molar-refractivity contribution in [1.82, 2.24) is 4.57 Å². The zero-order chi connectivity index (χ0) is 20.4. The summed E-state index contributed by atoms with van der Waals surface area (Å²) in [6.07, 6.45) is 2.50. The van der Waals surface area contributed by atoms with Gasteiger partial charge in [-0.15, -0.1) is 0 Å². The monoisotopic (exact) mass is 400 g/mol. The van der Waals surface area contributed by atoms with E-state index in [4.69, 9.17) is 4.74 Å². The maximum absolute atomic E-state index is 13.1. The van der Waals surface area contributed by atoms with Crippen molar-refractivity contribution in [2.24, 2.45) is 0 Å². The summed E-state index contributed by atoms with van der Waals surface area (Å²) in [7, 11) is 0. The third-order valence-corrected chi connectivity index (χ3v) is 6.36. The quantitative estimate of drug-likeness (QED) is 0.754. The molecular formula is C23H31FN3O2+. The number of rotatable bonds is 6. The second-order valence-electron chi connectivity index (χ2n) is 8.34. The fourth-order valence-electron chi connectivity index (χ4n) is 4.59. The molecule has 6 heteroatoms. The zero-order valence-electron chi connectivity index (χ0n) is 17.4. The van der Waals surface area contributed by atoms with Gasteiger partial charge in [0.15, 0.2) is 0 Å². The first kappa shape index (κ1) is 20.1. The van der Waals surface area contributed by atoms with E-state index >= 15 is 0 Å². The van der Waals surface area contributed by atoms with Crippen molar-refractivity contribution in [3.8, 4) is 0 Å². The Morgan fingerprint density at radius 3 is 2.59 bits per heavy atom. The van der Waals surface area contributed by atoms with E-state index in [9.17, 15) is 9.18 Å². The third-order valence-electron chi connectivity index (χ3n) is 6.36. The van der Waals surface area contributed by atoms with Gasteiger partial charge in [0, 0.05) is 35.8 Å². The second-order valence-corrected chi connectivity index (χ2v) is 8.34. The van der Waals surface area contributed by atoms with Crippen LogP contribution < -0.4 is 9.80 Å². The van der Waals surface area contributed by atoms with Crippen LogP contribution in [0, 0.1) is 19.7 Å². The lowest BCUT2D eigenvalue weighted by atomic mass is 10.1. The van der Waals surface area contributed by atoms with Crippen LogP contribution in [-0.4, -0.2) is 55.8 Å². The van der Waals surface area contributed by atoms with Gasteiger partial charge in [-0.2, -0.15) is 0 Å². The molecule has 1 aromatic carbocycles. The highest BCUT2D eigenvalue weighted by atomic mass is 19.1. The lowest BCUT2D eigenvalue weighted by Crippen LogP contribution is -3.15. The molecule has 1 atom stereocenters. The van der Waals surface area contributed by atoms with Crippen molar-refractivity contribution in [1.29, 1.82) is 0 Å². The summed E-state index contributed by atoms with van der Waals surface area (Å²) in [6, 6.07) is 8.71. The fraction of sp³-hybridized carbons (Fsp3) is 0.522. The number of nitrogens with one attached hydrogen (secondary N) is 1. The minimum absolute atomic E-state index is 0.208. The molecule has 0 unspecified atom stereocenters. The fourth-order valence-corrected chi connectivity index (χ4v) is 4.59. The molecule has 3 heterocycles. The topological polar surface area (TPSA) is 38.9 Å². The number of aryl methyl sites for hydroxylation is 1. The largest absolute Gasteiger partial charge is 0.376 e. The van der Waals surface area contributed by atoms with E-state index in [1.54, 1.807) is 0 Å². The SMILES string of the molecule is Cc1cc(C(=O)C[NH+]2CCN(c3ccc(F)cc3)CC2)c(C)n1C[C@@H]1CCCO1. The molecule has 1 N–H and O–H groups in total. The Morgan fingerprint density at radius 1 is 1.21 bits per heavy atom. The molecule has 29 heavy (non-hydrogen) atoms. The molecule has 2 aliphatic heterocycles. The van der Waals surface area contributed by atoms with Crippen LogP contribution in [0.2, 0.25) is 0 Å². The number of hydrogen-bond donors (Lipinski definition) is 1. The summed E-state index contributed by atoms with van der Waals surface area (Å²) < 4.78 is 21.1. The summed E-state index contributed by atoms with van der Waals surface area (Å²) in [5.74, 6) is 0.0163. The summed E-state index contributed by atoms with van der Waals surface area (Å²) in [5, 5.41) is 0. The number of hydrogen-bond acceptors (Lipinski definition) is 3. The first-order valence-electron chi connectivity index (χ1n) is 10.7. The molecule has 2 fully saturated rings. The number of quaternary nitrogens is 1. The molecule has 0 bridgehead atoms. The van der Waals surface area contributed by atoms with E-state index in [-0.39, 0.29) is 17.7 Å². The highest BCUT2D eigenvalue weighted by Gasteiger charge is 2.26. The maximum atomic E-state index is 13.1. The molecular weight excluding hydrogens is 369 g/mol. The van der Waals surface area contributed by atoms with Gasteiger partial charge in [-0.25, -0.2) is 4.39 Å². The van der Waals surface area contributed by atoms with Crippen LogP contribution in [0.25, 0.3) is 0 Å². The van der Waals surface area contributed by atoms with Crippen molar-refractivity contribution in [2.75, 3.05) is 44.2 Å². The van der Waals surface area contributed by atoms with E-state index < -0.39 is 0 Å². The van der Waals surface area contributed by atoms with Crippen LogP contribution in [0.15, 0.2) is 30.3 Å². The van der Waals surface area contributed by atoms with Crippen molar-refractivity contribution in [3.63, 3.8) is 0 Å². The van der Waals surface area contributed by atoms with Crippen LogP contribution in [-0.2, 0) is 11.3 Å². The molecule has 156 valence electrons. The minimum Gasteiger partial charge on any atom is -0.376 e. The Hall–Kier alpha value is -2.18. The van der Waals surface area contributed by atoms with Gasteiger partial charge in [0.1, 0.15) is 12.4 Å². The second kappa shape index (κ2) is 8.67. The van der Waals surface area contributed by atoms with Crippen LogP contribution in [0.3, 0.4) is 0 Å². The van der Waals surface area contributed by atoms with Gasteiger partial charge in [0.25, 0.3) is 0 Å². The first-order chi connectivity index (χ1) is 14.0. The highest BCUT2D eigenvalue weighted by Crippen LogP contribution is 2.20. The lowest BCUT2D eigenvalue weighted by molar-refractivity contribution is -0.892. The Balaban J connectivity index is 1.34. The number of benzene rings is 1. The molecule has 1 aromatic heterocycles. The number of carbonyl (C=O) groups excluding carboxylic acids is 1. The predicted molar refractivity (Wildman–Crippen MR) is 111 cm³/mol. The molecule has 2 aromatic rings. The summed E-state index contributed by atoms with van der Waals surface area (Å²) in [5.41, 5.74) is 4.10. The summed E-state index contributed by atoms with van der Waals surface area (Å²) in [6.45, 7) is 9.94. The van der Waals surface area contributed by atoms with Crippen molar-refractivity contribution < 1.29 is 18.8 Å². The highest BCUT2D eigenvalue weighted by molar-refractivity contribution is 5.98. The van der Waals surface area contributed by atoms with Gasteiger partial charge in [-0.3, -0.25) is 4.79 Å². The molecule has 0 saturated carbocycles. The number of ketones is 1. The van der Waals surface area contributed by atoms with Crippen LogP contribution in [0.5, 0.6) is 0 Å². The number of ether oxygens (including phenoxy) is 1. The average molecular weight is 401 g/mol. The molecule has 0 aliphatic carbocycles. The van der Waals surface area contributed by atoms with Crippen LogP contribution >= 0.6 is 0 Å². The van der Waals surface area contributed by atoms with Gasteiger partial charge in [0.05, 0.1) is 32.3 Å². The van der Waals surface area contributed by atoms with Crippen LogP contribution in [0.1, 0.15) is 34.6 Å². The number of halogens is 1. The minimum atomic E-state index is -0.208. The number of anilines is 1. The first-order valence-corrected chi connectivity index (χ1v) is 10.7. The zero-order valence-corrected chi connectivity index (χ0v) is 17.4. The van der Waals surface area contributed by atoms with E-state index in [2.05, 4.69) is 23.3 Å². The number of piperazine rings is 1. The van der Waals surface area contributed by atoms with Crippen molar-refractivity contribution in [2.45, 2.75) is 39.3 Å². The number of aromatic nitrogens is 1. The van der Waals surface area contributed by atoms with Gasteiger partial charge < -0.3 is 19.1 Å². The van der Waals surface area contributed by atoms with Crippen LogP contribution in [0.4, 0.5) is 10.1 Å². The Labute approximate surface area is 172 Å². The van der Waals surface area contributed by atoms with E-state index in [1.807, 2.05) is 18.2 Å². The predicted octanol–water partition coefficient (Wildman–Crippen LogP) is 2.01. The number of carbonyl (C=O) groups is 1. The average Bonchev–Trinajstić information content (AvgIpc) is 3.33. The smallest absolute Gasteiger partial charge is 0.218 e. The standard InChI is InChI=1S/C23H30FN3O2/c1-17-14-22(18(2)27(17)15-21-4-3-13-29-21)23(28)16-25-9-11-26(12-10-25)20-7-5-19(24)6-8-20/h5-8,14,21H,3-4,9-13,15-16H2,1-2H3/p+1/t21-/m0/s1. The normalized spacial score (nSPS) is 20.4. The molecule has 0 radical (unpaired) electrons. The molecule has 4 rings (SSSR count). The summed E-state index contributed by atoms with van der Waals surface area (Å²) >= 11 is 0. The van der Waals surface area contributed by atoms with Gasteiger partial charge in [0.2, 0.25) is 5.78 Å². The maximum Gasteiger partial charge on any atom is 0.218 e. The molecule has 0 amide bonds. The number of Topliss-reactive ketones (excluding diaryl/α,β-unsaturated/α-hetero) is 1. The van der Waals surface area contributed by atoms with Crippen molar-refractivity contribution in [3.05, 3.63) is 53.1 Å². The van der Waals surface area contributed by atoms with E-state index in [1.165, 1.54) is 17.0 Å². The molecule has 5 nitrogen and oxygen atoms in total. The number of nitrogens with zero attached hydrogens (tertiary/aromatic N) is 2. The van der Waals surface area contributed by atoms with Gasteiger partial charge in [-0.05, 0) is 57.0 Å². The summed E-state index contributed by atoms with van der Waals surface area (Å²) in [4.78, 5) is 16.6. The molecule has 2 saturated heterocycles. The van der Waals surface area contributed by atoms with E-state index in [0.717, 1.165) is 74.8 Å². The van der Waals surface area contributed by atoms with Gasteiger partial charge in [-0.1, -0.05) is 0 Å². The molecule has 2 aliphatic rings. The Bertz CT molecular complexity index is 848. The van der Waals surface area contributed by atoms with Gasteiger partial charge >= 0.3 is 0 Å². The van der Waals surface area contributed by atoms with E-state index in [0.29, 0.717) is 6.54 Å². The van der Waals surface area contributed by atoms with Crippen molar-refractivity contribution >= 4 is 11.5 Å². The Morgan fingerprint density at radius 2 is 1.93 bits per heavy atom.